The molecule has 4 heterocycles. The molecule has 3 aliphatic heterocycles. The summed E-state index contributed by atoms with van der Waals surface area (Å²) in [5.74, 6) is 0.318. The van der Waals surface area contributed by atoms with Crippen molar-refractivity contribution in [2.24, 2.45) is 0 Å². The number of aliphatic hydroxyl groups excluding tert-OH is 1. The average Bonchev–Trinajstić information content (AvgIpc) is 3.11. The number of β-amino-alcohol motifs (C(OH)–C–C–N with tert-alkyl or cyclic N) is 1. The van der Waals surface area contributed by atoms with Crippen molar-refractivity contribution in [3.8, 4) is 0 Å². The van der Waals surface area contributed by atoms with Crippen LogP contribution in [-0.2, 0) is 11.3 Å². The highest BCUT2D eigenvalue weighted by Crippen LogP contribution is 2.36. The number of nitrogens with zero attached hydrogens (tertiary/aromatic N) is 4. The van der Waals surface area contributed by atoms with Crippen LogP contribution in [0.5, 0.6) is 0 Å². The van der Waals surface area contributed by atoms with Gasteiger partial charge in [-0.05, 0) is 24.8 Å². The molecule has 172 valence electrons. The number of rotatable bonds is 4. The lowest BCUT2D eigenvalue weighted by molar-refractivity contribution is -0.153. The third kappa shape index (κ3) is 3.97. The Labute approximate surface area is 183 Å². The van der Waals surface area contributed by atoms with Crippen LogP contribution in [0.3, 0.4) is 0 Å². The number of aromatic nitrogens is 2. The van der Waals surface area contributed by atoms with E-state index < -0.39 is 18.3 Å². The fraction of sp³-hybridized carbons (Fsp3) is 0.545. The van der Waals surface area contributed by atoms with Crippen LogP contribution in [0.4, 0.5) is 24.9 Å². The van der Waals surface area contributed by atoms with Crippen molar-refractivity contribution in [1.82, 2.24) is 9.55 Å². The molecule has 0 saturated carbocycles. The van der Waals surface area contributed by atoms with Gasteiger partial charge in [0.05, 0.1) is 24.9 Å². The van der Waals surface area contributed by atoms with Crippen molar-refractivity contribution in [2.45, 2.75) is 56.3 Å². The minimum atomic E-state index is -4.52. The van der Waals surface area contributed by atoms with E-state index in [1.54, 1.807) is 30.3 Å². The summed E-state index contributed by atoms with van der Waals surface area (Å²) in [6, 6.07) is 8.11. The molecule has 1 aromatic heterocycles. The average molecular weight is 450 g/mol. The fourth-order valence-electron chi connectivity index (χ4n) is 4.94. The van der Waals surface area contributed by atoms with Crippen molar-refractivity contribution in [3.63, 3.8) is 0 Å². The van der Waals surface area contributed by atoms with E-state index in [1.807, 2.05) is 4.90 Å². The molecule has 2 fully saturated rings. The summed E-state index contributed by atoms with van der Waals surface area (Å²) in [5, 5.41) is 10.7. The van der Waals surface area contributed by atoms with Gasteiger partial charge in [-0.2, -0.15) is 18.2 Å². The summed E-state index contributed by atoms with van der Waals surface area (Å²) >= 11 is 0. The maximum atomic E-state index is 13.9. The number of fused-ring (bicyclic) bond motifs is 3. The molecular formula is C22H25F3N4O3. The Bertz CT molecular complexity index is 1020. The lowest BCUT2D eigenvalue weighted by atomic mass is 10.1. The smallest absolute Gasteiger partial charge is 0.387 e. The monoisotopic (exact) mass is 450 g/mol. The predicted molar refractivity (Wildman–Crippen MR) is 112 cm³/mol. The molecule has 4 atom stereocenters. The zero-order valence-electron chi connectivity index (χ0n) is 17.4. The normalized spacial score (nSPS) is 26.2. The van der Waals surface area contributed by atoms with Gasteiger partial charge in [-0.3, -0.25) is 9.36 Å². The minimum Gasteiger partial charge on any atom is -0.387 e. The van der Waals surface area contributed by atoms with Crippen molar-refractivity contribution >= 4 is 11.8 Å². The summed E-state index contributed by atoms with van der Waals surface area (Å²) < 4.78 is 48.9. The third-order valence-corrected chi connectivity index (χ3v) is 6.53. The highest BCUT2D eigenvalue weighted by molar-refractivity contribution is 5.47. The molecular weight excluding hydrogens is 425 g/mol. The van der Waals surface area contributed by atoms with Gasteiger partial charge in [0.25, 0.3) is 5.56 Å². The molecule has 2 unspecified atom stereocenters. The number of ether oxygens (including phenoxy) is 1. The fourth-order valence-corrected chi connectivity index (χ4v) is 4.94. The molecule has 0 spiro atoms. The molecule has 2 saturated heterocycles. The first-order chi connectivity index (χ1) is 15.3. The van der Waals surface area contributed by atoms with Crippen LogP contribution >= 0.6 is 0 Å². The van der Waals surface area contributed by atoms with Crippen molar-refractivity contribution in [1.29, 1.82) is 0 Å². The second kappa shape index (κ2) is 8.08. The predicted octanol–water partition coefficient (Wildman–Crippen LogP) is 2.49. The van der Waals surface area contributed by atoms with E-state index >= 15 is 0 Å². The number of halogens is 3. The Hall–Kier alpha value is -2.59. The van der Waals surface area contributed by atoms with Gasteiger partial charge in [-0.15, -0.1) is 0 Å². The van der Waals surface area contributed by atoms with Gasteiger partial charge in [0, 0.05) is 25.7 Å². The largest absolute Gasteiger partial charge is 0.408 e. The topological polar surface area (TPSA) is 70.8 Å². The first kappa shape index (κ1) is 21.3. The maximum absolute atomic E-state index is 13.9. The van der Waals surface area contributed by atoms with E-state index in [4.69, 9.17) is 4.74 Å². The number of hydrogen-bond acceptors (Lipinski definition) is 6. The Balaban J connectivity index is 1.52. The number of morpholine rings is 1. The molecule has 0 amide bonds. The molecule has 5 rings (SSSR count). The quantitative estimate of drug-likeness (QED) is 0.772. The van der Waals surface area contributed by atoms with E-state index in [9.17, 15) is 23.1 Å². The number of aliphatic hydroxyl groups is 1. The Kier molecular flexibility index (Phi) is 5.37. The van der Waals surface area contributed by atoms with Crippen LogP contribution in [0, 0.1) is 0 Å². The minimum absolute atomic E-state index is 0.0464. The van der Waals surface area contributed by atoms with E-state index in [-0.39, 0.29) is 43.2 Å². The lowest BCUT2D eigenvalue weighted by Gasteiger charge is -2.41. The van der Waals surface area contributed by atoms with Gasteiger partial charge in [-0.25, -0.2) is 0 Å². The van der Waals surface area contributed by atoms with E-state index in [1.165, 1.54) is 10.6 Å². The summed E-state index contributed by atoms with van der Waals surface area (Å²) in [7, 11) is 0. The molecule has 2 bridgehead atoms. The zero-order valence-corrected chi connectivity index (χ0v) is 17.4. The summed E-state index contributed by atoms with van der Waals surface area (Å²) in [5.41, 5.74) is 0.123. The van der Waals surface area contributed by atoms with E-state index in [2.05, 4.69) is 4.98 Å². The maximum Gasteiger partial charge on any atom is 0.408 e. The van der Waals surface area contributed by atoms with Crippen LogP contribution < -0.4 is 15.4 Å². The van der Waals surface area contributed by atoms with Gasteiger partial charge >= 0.3 is 6.18 Å². The van der Waals surface area contributed by atoms with Gasteiger partial charge in [0.2, 0.25) is 5.95 Å². The van der Waals surface area contributed by atoms with E-state index in [0.29, 0.717) is 24.5 Å². The number of hydrogen-bond donors (Lipinski definition) is 1. The molecule has 10 heteroatoms. The Morgan fingerprint density at radius 2 is 1.81 bits per heavy atom. The molecule has 1 aromatic carbocycles. The van der Waals surface area contributed by atoms with Gasteiger partial charge in [0.15, 0.2) is 0 Å². The Morgan fingerprint density at radius 1 is 1.12 bits per heavy atom. The number of benzene rings is 1. The highest BCUT2D eigenvalue weighted by atomic mass is 19.4. The summed E-state index contributed by atoms with van der Waals surface area (Å²) in [4.78, 5) is 20.4. The molecule has 0 radical (unpaired) electrons. The van der Waals surface area contributed by atoms with Gasteiger partial charge in [-0.1, -0.05) is 30.3 Å². The molecule has 0 aliphatic carbocycles. The number of anilines is 2. The standard InChI is InChI=1S/C22H25F3N4O3/c23-22(24,25)18-8-9-28-20(31)10-19(27-11-15-6-7-16(12-27)32-15)26-21(28)29(18)13-17(30)14-4-2-1-3-5-14/h1-5,10,15-18,30H,6-9,11-13H2/t15?,16?,17-,18+/m1/s1. The second-order valence-electron chi connectivity index (χ2n) is 8.69. The van der Waals surface area contributed by atoms with Gasteiger partial charge in [0.1, 0.15) is 11.9 Å². The SMILES string of the molecule is O=c1cc(N2CC3CCC(C2)O3)nc2n1CC[C@@H](C(F)(F)F)N2C[C@@H](O)c1ccccc1. The van der Waals surface area contributed by atoms with Crippen molar-refractivity contribution < 1.29 is 23.0 Å². The van der Waals surface area contributed by atoms with Crippen LogP contribution in [0.15, 0.2) is 41.2 Å². The zero-order chi connectivity index (χ0) is 22.5. The Morgan fingerprint density at radius 3 is 2.47 bits per heavy atom. The molecule has 3 aliphatic rings. The highest BCUT2D eigenvalue weighted by Gasteiger charge is 2.47. The first-order valence-electron chi connectivity index (χ1n) is 10.9. The lowest BCUT2D eigenvalue weighted by Crippen LogP contribution is -2.54. The second-order valence-corrected chi connectivity index (χ2v) is 8.69. The molecule has 32 heavy (non-hydrogen) atoms. The van der Waals surface area contributed by atoms with Crippen LogP contribution in [-0.4, -0.2) is 58.7 Å². The van der Waals surface area contributed by atoms with Crippen LogP contribution in [0.2, 0.25) is 0 Å². The van der Waals surface area contributed by atoms with Gasteiger partial charge < -0.3 is 19.6 Å². The third-order valence-electron chi connectivity index (χ3n) is 6.53. The summed E-state index contributed by atoms with van der Waals surface area (Å²) in [6.07, 6.45) is -4.00. The van der Waals surface area contributed by atoms with Crippen molar-refractivity contribution in [2.75, 3.05) is 29.4 Å². The molecule has 1 N–H and O–H groups in total. The first-order valence-corrected chi connectivity index (χ1v) is 10.9. The van der Waals surface area contributed by atoms with Crippen molar-refractivity contribution in [3.05, 3.63) is 52.3 Å². The van der Waals surface area contributed by atoms with Crippen LogP contribution in [0.25, 0.3) is 0 Å². The summed E-state index contributed by atoms with van der Waals surface area (Å²) in [6.45, 7) is 0.722. The van der Waals surface area contributed by atoms with E-state index in [0.717, 1.165) is 17.7 Å². The number of alkyl halides is 3. The molecule has 7 nitrogen and oxygen atoms in total. The van der Waals surface area contributed by atoms with Crippen LogP contribution in [0.1, 0.15) is 30.9 Å². The molecule has 2 aromatic rings.